The van der Waals surface area contributed by atoms with Crippen molar-refractivity contribution in [2.45, 2.75) is 57.8 Å². The summed E-state index contributed by atoms with van der Waals surface area (Å²) in [4.78, 5) is 34.0. The van der Waals surface area contributed by atoms with Crippen molar-refractivity contribution in [1.82, 2.24) is 0 Å². The molecule has 0 aromatic carbocycles. The van der Waals surface area contributed by atoms with Gasteiger partial charge in [-0.1, -0.05) is 30.4 Å². The molecule has 164 valence electrons. The van der Waals surface area contributed by atoms with Gasteiger partial charge in [0, 0.05) is 44.4 Å². The normalized spacial score (nSPS) is 31.8. The van der Waals surface area contributed by atoms with Crippen molar-refractivity contribution in [1.29, 1.82) is 0 Å². The third-order valence-electron chi connectivity index (χ3n) is 6.02. The number of ether oxygens (including phenoxy) is 4. The first-order valence-corrected chi connectivity index (χ1v) is 10.5. The van der Waals surface area contributed by atoms with E-state index in [0.29, 0.717) is 12.8 Å². The zero-order valence-corrected chi connectivity index (χ0v) is 17.7. The van der Waals surface area contributed by atoms with Gasteiger partial charge < -0.3 is 18.9 Å². The second kappa shape index (κ2) is 10.1. The summed E-state index contributed by atoms with van der Waals surface area (Å²) in [6.45, 7) is 2.98. The van der Waals surface area contributed by atoms with Crippen molar-refractivity contribution in [3.8, 4) is 0 Å². The van der Waals surface area contributed by atoms with Gasteiger partial charge in [-0.05, 0) is 18.4 Å². The number of carbonyl (C=O) groups excluding carboxylic acids is 3. The van der Waals surface area contributed by atoms with Crippen LogP contribution < -0.4 is 0 Å². The number of hydrogen-bond donors (Lipinski definition) is 0. The van der Waals surface area contributed by atoms with E-state index in [4.69, 9.17) is 18.9 Å². The number of allylic oxidation sites excluding steroid dienone is 2. The van der Waals surface area contributed by atoms with Gasteiger partial charge in [-0.3, -0.25) is 14.4 Å². The summed E-state index contributed by atoms with van der Waals surface area (Å²) < 4.78 is 21.7. The highest BCUT2D eigenvalue weighted by Crippen LogP contribution is 2.51. The zero-order chi connectivity index (χ0) is 21.7. The van der Waals surface area contributed by atoms with Crippen LogP contribution in [0, 0.1) is 17.8 Å². The van der Waals surface area contributed by atoms with E-state index in [9.17, 15) is 14.4 Å². The molecule has 3 unspecified atom stereocenters. The number of methoxy groups -OCH3 is 1. The van der Waals surface area contributed by atoms with Crippen LogP contribution in [0.3, 0.4) is 0 Å². The van der Waals surface area contributed by atoms with Crippen LogP contribution in [-0.2, 0) is 33.3 Å². The minimum atomic E-state index is -0.332. The lowest BCUT2D eigenvalue weighted by Gasteiger charge is -2.29. The molecule has 6 atom stereocenters. The summed E-state index contributed by atoms with van der Waals surface area (Å²) >= 11 is 0. The Kier molecular flexibility index (Phi) is 7.48. The first-order chi connectivity index (χ1) is 14.4. The van der Waals surface area contributed by atoms with E-state index >= 15 is 0 Å². The Labute approximate surface area is 177 Å². The maximum Gasteiger partial charge on any atom is 0.305 e. The molecule has 7 heteroatoms. The maximum atomic E-state index is 11.6. The van der Waals surface area contributed by atoms with Gasteiger partial charge in [0.2, 0.25) is 0 Å². The van der Waals surface area contributed by atoms with Crippen molar-refractivity contribution in [2.24, 2.45) is 17.8 Å². The fourth-order valence-corrected chi connectivity index (χ4v) is 4.87. The van der Waals surface area contributed by atoms with Gasteiger partial charge in [0.05, 0.1) is 19.3 Å². The Bertz CT molecular complexity index is 751. The monoisotopic (exact) mass is 418 g/mol. The molecule has 0 N–H and O–H groups in total. The molecule has 2 aliphatic carbocycles. The number of hydrogen-bond acceptors (Lipinski definition) is 7. The van der Waals surface area contributed by atoms with Crippen LogP contribution in [0.5, 0.6) is 0 Å². The molecule has 1 heterocycles. The Morgan fingerprint density at radius 1 is 1.23 bits per heavy atom. The Morgan fingerprint density at radius 3 is 2.73 bits per heavy atom. The molecule has 1 aliphatic heterocycles. The molecule has 3 rings (SSSR count). The maximum absolute atomic E-state index is 11.6. The third kappa shape index (κ3) is 5.19. The summed E-state index contributed by atoms with van der Waals surface area (Å²) in [5.74, 6) is -0.502. The molecule has 0 spiro atoms. The third-order valence-corrected chi connectivity index (χ3v) is 6.02. The SMILES string of the molecule is COC(=O)CCCC1=CC=CC2C1O[C@H]1C[C@@H](OC(C)=O)C(/C=C/COC(C)=O)[C@@H]21. The van der Waals surface area contributed by atoms with Crippen molar-refractivity contribution in [3.05, 3.63) is 36.0 Å². The standard InChI is InChI=1S/C23H30O7/c1-14(24)28-12-6-10-17-19(29-15(2)25)13-20-22(17)18-9-4-7-16(23(18)30-20)8-5-11-21(26)27-3/h4,6-7,9-10,17-20,22-23H,5,8,11-13H2,1-3H3/b10-6+/t17?,18?,19-,20+,22+,23?/m1/s1. The lowest BCUT2D eigenvalue weighted by Crippen LogP contribution is -2.30. The summed E-state index contributed by atoms with van der Waals surface area (Å²) in [5, 5.41) is 0. The Balaban J connectivity index is 1.69. The van der Waals surface area contributed by atoms with E-state index in [1.807, 2.05) is 12.2 Å². The number of fused-ring (bicyclic) bond motifs is 3. The largest absolute Gasteiger partial charge is 0.469 e. The highest BCUT2D eigenvalue weighted by molar-refractivity contribution is 5.69. The number of esters is 3. The van der Waals surface area contributed by atoms with E-state index in [1.165, 1.54) is 26.5 Å². The van der Waals surface area contributed by atoms with Crippen LogP contribution in [0.25, 0.3) is 0 Å². The van der Waals surface area contributed by atoms with Crippen LogP contribution in [0.2, 0.25) is 0 Å². The quantitative estimate of drug-likeness (QED) is 0.340. The lowest BCUT2D eigenvalue weighted by molar-refractivity contribution is -0.148. The summed E-state index contributed by atoms with van der Waals surface area (Å²) in [6.07, 6.45) is 12.3. The molecule has 0 aromatic rings. The van der Waals surface area contributed by atoms with Crippen LogP contribution in [0.1, 0.15) is 39.5 Å². The van der Waals surface area contributed by atoms with Crippen LogP contribution in [0.4, 0.5) is 0 Å². The topological polar surface area (TPSA) is 88.1 Å². The molecule has 1 saturated carbocycles. The first kappa shape index (κ1) is 22.3. The molecule has 0 amide bonds. The second-order valence-electron chi connectivity index (χ2n) is 8.00. The molecule has 3 aliphatic rings. The summed E-state index contributed by atoms with van der Waals surface area (Å²) in [7, 11) is 1.40. The average molecular weight is 418 g/mol. The highest BCUT2D eigenvalue weighted by Gasteiger charge is 2.55. The predicted molar refractivity (Wildman–Crippen MR) is 108 cm³/mol. The predicted octanol–water partition coefficient (Wildman–Crippen LogP) is 2.90. The molecule has 7 nitrogen and oxygen atoms in total. The molecule has 1 saturated heterocycles. The van der Waals surface area contributed by atoms with Crippen molar-refractivity contribution < 1.29 is 33.3 Å². The van der Waals surface area contributed by atoms with E-state index in [1.54, 1.807) is 0 Å². The molecule has 30 heavy (non-hydrogen) atoms. The number of carbonyl (C=O) groups is 3. The fourth-order valence-electron chi connectivity index (χ4n) is 4.87. The van der Waals surface area contributed by atoms with Crippen LogP contribution in [-0.4, -0.2) is 49.9 Å². The van der Waals surface area contributed by atoms with Crippen LogP contribution in [0.15, 0.2) is 36.0 Å². The van der Waals surface area contributed by atoms with E-state index < -0.39 is 0 Å². The summed E-state index contributed by atoms with van der Waals surface area (Å²) in [5.41, 5.74) is 1.19. The zero-order valence-electron chi connectivity index (χ0n) is 17.7. The van der Waals surface area contributed by atoms with Crippen molar-refractivity contribution in [3.63, 3.8) is 0 Å². The first-order valence-electron chi connectivity index (χ1n) is 10.5. The Morgan fingerprint density at radius 2 is 2.03 bits per heavy atom. The molecule has 0 radical (unpaired) electrons. The van der Waals surface area contributed by atoms with Gasteiger partial charge in [0.1, 0.15) is 12.7 Å². The van der Waals surface area contributed by atoms with Crippen LogP contribution >= 0.6 is 0 Å². The average Bonchev–Trinajstić information content (AvgIpc) is 3.21. The molecule has 0 bridgehead atoms. The second-order valence-corrected chi connectivity index (χ2v) is 8.00. The van der Waals surface area contributed by atoms with Crippen molar-refractivity contribution >= 4 is 17.9 Å². The fraction of sp³-hybridized carbons (Fsp3) is 0.609. The molecular weight excluding hydrogens is 388 g/mol. The van der Waals surface area contributed by atoms with Gasteiger partial charge >= 0.3 is 17.9 Å². The van der Waals surface area contributed by atoms with Crippen molar-refractivity contribution in [2.75, 3.05) is 13.7 Å². The molecule has 2 fully saturated rings. The smallest absolute Gasteiger partial charge is 0.305 e. The Hall–Kier alpha value is -2.41. The van der Waals surface area contributed by atoms with E-state index in [2.05, 4.69) is 18.2 Å². The lowest BCUT2D eigenvalue weighted by atomic mass is 9.77. The van der Waals surface area contributed by atoms with Gasteiger partial charge in [-0.15, -0.1) is 0 Å². The van der Waals surface area contributed by atoms with E-state index in [-0.39, 0.29) is 60.6 Å². The van der Waals surface area contributed by atoms with Gasteiger partial charge in [-0.25, -0.2) is 0 Å². The molecule has 0 aromatic heterocycles. The van der Waals surface area contributed by atoms with E-state index in [0.717, 1.165) is 12.8 Å². The van der Waals surface area contributed by atoms with Gasteiger partial charge in [-0.2, -0.15) is 0 Å². The minimum absolute atomic E-state index is 0.0106. The summed E-state index contributed by atoms with van der Waals surface area (Å²) in [6, 6.07) is 0. The number of rotatable bonds is 8. The highest BCUT2D eigenvalue weighted by atomic mass is 16.6. The molecular formula is C23H30O7. The van der Waals surface area contributed by atoms with Gasteiger partial charge in [0.25, 0.3) is 0 Å². The van der Waals surface area contributed by atoms with Gasteiger partial charge in [0.15, 0.2) is 0 Å². The minimum Gasteiger partial charge on any atom is -0.469 e.